The number of hydrogen-bond donors (Lipinski definition) is 1. The van der Waals surface area contributed by atoms with Gasteiger partial charge in [0.25, 0.3) is 5.69 Å². The molecule has 1 aromatic rings. The number of nitro groups is 1. The molecule has 0 atom stereocenters. The molecule has 0 unspecified atom stereocenters. The molecule has 1 heterocycles. The molecule has 144 valence electrons. The molecule has 26 heavy (non-hydrogen) atoms. The van der Waals surface area contributed by atoms with Crippen LogP contribution in [-0.4, -0.2) is 50.2 Å². The van der Waals surface area contributed by atoms with Gasteiger partial charge in [-0.15, -0.1) is 0 Å². The summed E-state index contributed by atoms with van der Waals surface area (Å²) in [5.41, 5.74) is 0.220. The number of nitrogens with zero attached hydrogens (tertiary/aromatic N) is 2. The Morgan fingerprint density at radius 3 is 2.42 bits per heavy atom. The van der Waals surface area contributed by atoms with Crippen molar-refractivity contribution in [2.75, 3.05) is 31.2 Å². The second-order valence-corrected chi connectivity index (χ2v) is 9.59. The van der Waals surface area contributed by atoms with Crippen molar-refractivity contribution in [1.29, 1.82) is 0 Å². The normalized spacial score (nSPS) is 20.3. The minimum absolute atomic E-state index is 0.0267. The lowest BCUT2D eigenvalue weighted by atomic mass is 10.0. The monoisotopic (exact) mass is 381 g/mol. The molecular formula is C18H27N3O4S. The average Bonchev–Trinajstić information content (AvgIpc) is 3.09. The van der Waals surface area contributed by atoms with Crippen molar-refractivity contribution < 1.29 is 13.3 Å². The predicted octanol–water partition coefficient (Wildman–Crippen LogP) is 3.06. The van der Waals surface area contributed by atoms with E-state index in [1.165, 1.54) is 44.4 Å². The molecule has 0 aromatic heterocycles. The molecule has 2 aliphatic rings. The Bertz CT molecular complexity index is 752. The number of likely N-dealkylation sites (tertiary alicyclic amines) is 1. The fourth-order valence-electron chi connectivity index (χ4n) is 4.05. The lowest BCUT2D eigenvalue weighted by molar-refractivity contribution is -0.384. The van der Waals surface area contributed by atoms with Crippen LogP contribution in [0.25, 0.3) is 0 Å². The zero-order valence-electron chi connectivity index (χ0n) is 15.2. The topological polar surface area (TPSA) is 92.6 Å². The zero-order chi connectivity index (χ0) is 18.7. The number of anilines is 1. The van der Waals surface area contributed by atoms with Crippen molar-refractivity contribution >= 4 is 21.2 Å². The predicted molar refractivity (Wildman–Crippen MR) is 101 cm³/mol. The number of nitro benzene ring substituents is 1. The van der Waals surface area contributed by atoms with Gasteiger partial charge in [-0.05, 0) is 43.7 Å². The summed E-state index contributed by atoms with van der Waals surface area (Å²) in [6.07, 6.45) is 8.34. The van der Waals surface area contributed by atoms with Gasteiger partial charge in [0, 0.05) is 38.0 Å². The standard InChI is InChI=1S/C18H27N3O4S/c1-26(24,25)16-6-7-17(18(12-16)21(22)23)19-15-8-10-20(11-9-15)13-14-4-2-3-5-14/h6-7,12,14-15,19H,2-5,8-11,13H2,1H3. The zero-order valence-corrected chi connectivity index (χ0v) is 16.0. The number of rotatable bonds is 6. The van der Waals surface area contributed by atoms with Gasteiger partial charge in [0.1, 0.15) is 5.69 Å². The highest BCUT2D eigenvalue weighted by atomic mass is 32.2. The maximum absolute atomic E-state index is 11.6. The summed E-state index contributed by atoms with van der Waals surface area (Å²) in [7, 11) is -3.47. The van der Waals surface area contributed by atoms with Gasteiger partial charge >= 0.3 is 0 Å². The van der Waals surface area contributed by atoms with E-state index in [0.717, 1.165) is 44.2 Å². The van der Waals surface area contributed by atoms with Crippen LogP contribution < -0.4 is 5.32 Å². The van der Waals surface area contributed by atoms with Crippen LogP contribution in [0.1, 0.15) is 38.5 Å². The molecule has 0 radical (unpaired) electrons. The smallest absolute Gasteiger partial charge is 0.293 e. The largest absolute Gasteiger partial charge is 0.377 e. The van der Waals surface area contributed by atoms with Gasteiger partial charge in [0.15, 0.2) is 9.84 Å². The second-order valence-electron chi connectivity index (χ2n) is 7.58. The summed E-state index contributed by atoms with van der Waals surface area (Å²) in [4.78, 5) is 13.3. The summed E-state index contributed by atoms with van der Waals surface area (Å²) >= 11 is 0. The Labute approximate surface area is 154 Å². The summed E-state index contributed by atoms with van der Waals surface area (Å²) in [6.45, 7) is 3.18. The van der Waals surface area contributed by atoms with Gasteiger partial charge in [-0.25, -0.2) is 8.42 Å². The summed E-state index contributed by atoms with van der Waals surface area (Å²) in [5.74, 6) is 0.837. The highest BCUT2D eigenvalue weighted by Crippen LogP contribution is 2.30. The Hall–Kier alpha value is -1.67. The molecule has 0 spiro atoms. The first-order valence-electron chi connectivity index (χ1n) is 9.30. The van der Waals surface area contributed by atoms with Gasteiger partial charge in [-0.3, -0.25) is 10.1 Å². The van der Waals surface area contributed by atoms with Gasteiger partial charge in [0.2, 0.25) is 0 Å². The number of sulfone groups is 1. The van der Waals surface area contributed by atoms with Gasteiger partial charge < -0.3 is 10.2 Å². The maximum atomic E-state index is 11.6. The fraction of sp³-hybridized carbons (Fsp3) is 0.667. The van der Waals surface area contributed by atoms with Crippen molar-refractivity contribution in [3.63, 3.8) is 0 Å². The van der Waals surface area contributed by atoms with Crippen molar-refractivity contribution in [2.45, 2.75) is 49.5 Å². The van der Waals surface area contributed by atoms with E-state index in [0.29, 0.717) is 5.69 Å². The highest BCUT2D eigenvalue weighted by molar-refractivity contribution is 7.90. The summed E-state index contributed by atoms with van der Waals surface area (Å²) < 4.78 is 23.3. The first-order valence-corrected chi connectivity index (χ1v) is 11.2. The third-order valence-electron chi connectivity index (χ3n) is 5.53. The Morgan fingerprint density at radius 1 is 1.19 bits per heavy atom. The molecule has 1 aliphatic carbocycles. The van der Waals surface area contributed by atoms with Crippen LogP contribution in [0.2, 0.25) is 0 Å². The second kappa shape index (κ2) is 7.92. The molecule has 3 rings (SSSR count). The third-order valence-corrected chi connectivity index (χ3v) is 6.64. The lowest BCUT2D eigenvalue weighted by Crippen LogP contribution is -2.41. The molecule has 1 aliphatic heterocycles. The van der Waals surface area contributed by atoms with Crippen LogP contribution in [0, 0.1) is 16.0 Å². The molecule has 0 amide bonds. The fourth-order valence-corrected chi connectivity index (χ4v) is 4.69. The van der Waals surface area contributed by atoms with E-state index in [1.54, 1.807) is 0 Å². The molecule has 1 aromatic carbocycles. The van der Waals surface area contributed by atoms with E-state index in [4.69, 9.17) is 0 Å². The molecular weight excluding hydrogens is 354 g/mol. The van der Waals surface area contributed by atoms with Crippen LogP contribution in [0.4, 0.5) is 11.4 Å². The van der Waals surface area contributed by atoms with E-state index >= 15 is 0 Å². The maximum Gasteiger partial charge on any atom is 0.293 e. The lowest BCUT2D eigenvalue weighted by Gasteiger charge is -2.34. The van der Waals surface area contributed by atoms with Crippen LogP contribution in [-0.2, 0) is 9.84 Å². The van der Waals surface area contributed by atoms with Crippen molar-refractivity contribution in [2.24, 2.45) is 5.92 Å². The average molecular weight is 381 g/mol. The molecule has 7 nitrogen and oxygen atoms in total. The van der Waals surface area contributed by atoms with Crippen LogP contribution in [0.5, 0.6) is 0 Å². The molecule has 0 bridgehead atoms. The quantitative estimate of drug-likeness (QED) is 0.601. The van der Waals surface area contributed by atoms with Gasteiger partial charge in [0.05, 0.1) is 9.82 Å². The Morgan fingerprint density at radius 2 is 1.85 bits per heavy atom. The first-order chi connectivity index (χ1) is 12.3. The van der Waals surface area contributed by atoms with Crippen molar-refractivity contribution in [3.8, 4) is 0 Å². The third kappa shape index (κ3) is 4.73. The SMILES string of the molecule is CS(=O)(=O)c1ccc(NC2CCN(CC3CCCC3)CC2)c([N+](=O)[O-])c1. The van der Waals surface area contributed by atoms with E-state index in [2.05, 4.69) is 10.2 Å². The van der Waals surface area contributed by atoms with E-state index in [1.807, 2.05) is 0 Å². The molecule has 1 N–H and O–H groups in total. The minimum atomic E-state index is -3.47. The number of nitrogens with one attached hydrogen (secondary N) is 1. The van der Waals surface area contributed by atoms with Crippen molar-refractivity contribution in [1.82, 2.24) is 4.90 Å². The highest BCUT2D eigenvalue weighted by Gasteiger charge is 2.25. The van der Waals surface area contributed by atoms with E-state index in [9.17, 15) is 18.5 Å². The number of piperidine rings is 1. The Kier molecular flexibility index (Phi) is 5.82. The van der Waals surface area contributed by atoms with Crippen LogP contribution >= 0.6 is 0 Å². The number of benzene rings is 1. The Balaban J connectivity index is 1.61. The molecule has 1 saturated carbocycles. The minimum Gasteiger partial charge on any atom is -0.377 e. The van der Waals surface area contributed by atoms with Gasteiger partial charge in [-0.1, -0.05) is 12.8 Å². The van der Waals surface area contributed by atoms with E-state index < -0.39 is 14.8 Å². The van der Waals surface area contributed by atoms with Crippen molar-refractivity contribution in [3.05, 3.63) is 28.3 Å². The summed E-state index contributed by atoms with van der Waals surface area (Å²) in [6, 6.07) is 4.27. The molecule has 1 saturated heterocycles. The molecule has 2 fully saturated rings. The van der Waals surface area contributed by atoms with Crippen LogP contribution in [0.3, 0.4) is 0 Å². The van der Waals surface area contributed by atoms with Gasteiger partial charge in [-0.2, -0.15) is 0 Å². The first kappa shape index (κ1) is 19.1. The summed E-state index contributed by atoms with van der Waals surface area (Å²) in [5, 5.41) is 14.6. The molecule has 8 heteroatoms. The number of hydrogen-bond acceptors (Lipinski definition) is 6. The van der Waals surface area contributed by atoms with Crippen LogP contribution in [0.15, 0.2) is 23.1 Å². The van der Waals surface area contributed by atoms with E-state index in [-0.39, 0.29) is 16.6 Å².